The Morgan fingerprint density at radius 3 is 2.50 bits per heavy atom. The van der Waals surface area contributed by atoms with Crippen molar-refractivity contribution in [2.24, 2.45) is 5.73 Å². The van der Waals surface area contributed by atoms with E-state index in [0.717, 1.165) is 11.1 Å². The van der Waals surface area contributed by atoms with E-state index < -0.39 is 12.1 Å². The number of nitrogens with one attached hydrogen (secondary N) is 3. The van der Waals surface area contributed by atoms with Crippen molar-refractivity contribution in [1.82, 2.24) is 16.0 Å². The summed E-state index contributed by atoms with van der Waals surface area (Å²) in [7, 11) is 0. The normalized spacial score (nSPS) is 11.4. The van der Waals surface area contributed by atoms with Crippen LogP contribution in [-0.4, -0.2) is 24.4 Å². The number of furan rings is 1. The zero-order valence-corrected chi connectivity index (χ0v) is 14.5. The summed E-state index contributed by atoms with van der Waals surface area (Å²) in [5.41, 5.74) is 6.93. The summed E-state index contributed by atoms with van der Waals surface area (Å²) < 4.78 is 5.11. The number of urea groups is 1. The lowest BCUT2D eigenvalue weighted by Gasteiger charge is -2.19. The molecule has 0 aliphatic rings. The molecule has 0 saturated heterocycles. The zero-order chi connectivity index (χ0) is 18.9. The van der Waals surface area contributed by atoms with Gasteiger partial charge in [0.15, 0.2) is 0 Å². The molecule has 5 N–H and O–H groups in total. The van der Waals surface area contributed by atoms with Gasteiger partial charge in [-0.1, -0.05) is 24.3 Å². The molecule has 1 unspecified atom stereocenters. The van der Waals surface area contributed by atoms with Crippen molar-refractivity contribution in [2.75, 3.05) is 6.54 Å². The topological polar surface area (TPSA) is 126 Å². The fourth-order valence-corrected chi connectivity index (χ4v) is 2.49. The van der Waals surface area contributed by atoms with Crippen LogP contribution in [0.4, 0.5) is 4.79 Å². The van der Waals surface area contributed by atoms with Gasteiger partial charge >= 0.3 is 6.03 Å². The van der Waals surface area contributed by atoms with E-state index in [-0.39, 0.29) is 31.3 Å². The molecule has 1 aromatic heterocycles. The highest BCUT2D eigenvalue weighted by Gasteiger charge is 2.19. The predicted octanol–water partition coefficient (Wildman–Crippen LogP) is 1.12. The van der Waals surface area contributed by atoms with E-state index in [1.807, 2.05) is 31.2 Å². The van der Waals surface area contributed by atoms with E-state index in [0.29, 0.717) is 5.76 Å². The predicted molar refractivity (Wildman–Crippen MR) is 94.8 cm³/mol. The number of rotatable bonds is 8. The van der Waals surface area contributed by atoms with Crippen molar-refractivity contribution >= 4 is 17.8 Å². The first-order chi connectivity index (χ1) is 12.5. The van der Waals surface area contributed by atoms with E-state index >= 15 is 0 Å². The lowest BCUT2D eigenvalue weighted by atomic mass is 9.98. The summed E-state index contributed by atoms with van der Waals surface area (Å²) in [5, 5.41) is 7.73. The quantitative estimate of drug-likeness (QED) is 0.564. The van der Waals surface area contributed by atoms with Crippen molar-refractivity contribution in [3.63, 3.8) is 0 Å². The summed E-state index contributed by atoms with van der Waals surface area (Å²) in [6, 6.07) is 9.55. The maximum atomic E-state index is 12.2. The van der Waals surface area contributed by atoms with Crippen LogP contribution in [0.1, 0.15) is 29.3 Å². The molecule has 1 aromatic carbocycles. The van der Waals surface area contributed by atoms with E-state index in [2.05, 4.69) is 16.0 Å². The Morgan fingerprint density at radius 1 is 1.08 bits per heavy atom. The van der Waals surface area contributed by atoms with Gasteiger partial charge in [0, 0.05) is 0 Å². The van der Waals surface area contributed by atoms with Gasteiger partial charge in [0.25, 0.3) is 0 Å². The third-order valence-electron chi connectivity index (χ3n) is 3.76. The third-order valence-corrected chi connectivity index (χ3v) is 3.76. The molecular weight excluding hydrogens is 336 g/mol. The van der Waals surface area contributed by atoms with Crippen LogP contribution in [0.15, 0.2) is 47.1 Å². The van der Waals surface area contributed by atoms with E-state index in [9.17, 15) is 14.4 Å². The minimum atomic E-state index is -0.720. The Labute approximate surface area is 151 Å². The Morgan fingerprint density at radius 2 is 1.85 bits per heavy atom. The Balaban J connectivity index is 1.85. The molecule has 0 aliphatic carbocycles. The summed E-state index contributed by atoms with van der Waals surface area (Å²) in [4.78, 5) is 35.2. The van der Waals surface area contributed by atoms with Crippen LogP contribution in [0.2, 0.25) is 0 Å². The molecule has 1 atom stereocenters. The molecule has 0 radical (unpaired) electrons. The summed E-state index contributed by atoms with van der Waals surface area (Å²) in [6.07, 6.45) is 1.49. The Hall–Kier alpha value is -3.29. The maximum absolute atomic E-state index is 12.2. The molecule has 2 rings (SSSR count). The van der Waals surface area contributed by atoms with Gasteiger partial charge in [-0.3, -0.25) is 9.59 Å². The van der Waals surface area contributed by atoms with Crippen LogP contribution in [-0.2, 0) is 16.1 Å². The molecule has 26 heavy (non-hydrogen) atoms. The van der Waals surface area contributed by atoms with Crippen LogP contribution in [0.25, 0.3) is 0 Å². The monoisotopic (exact) mass is 358 g/mol. The van der Waals surface area contributed by atoms with Gasteiger partial charge in [0.05, 0.1) is 31.8 Å². The lowest BCUT2D eigenvalue weighted by molar-refractivity contribution is -0.126. The van der Waals surface area contributed by atoms with Gasteiger partial charge in [0.2, 0.25) is 11.8 Å². The average molecular weight is 358 g/mol. The summed E-state index contributed by atoms with van der Waals surface area (Å²) >= 11 is 0. The maximum Gasteiger partial charge on any atom is 0.312 e. The second kappa shape index (κ2) is 9.26. The molecule has 138 valence electrons. The molecule has 0 spiro atoms. The van der Waals surface area contributed by atoms with Gasteiger partial charge in [-0.15, -0.1) is 0 Å². The average Bonchev–Trinajstić information content (AvgIpc) is 3.11. The van der Waals surface area contributed by atoms with Crippen LogP contribution in [0.5, 0.6) is 0 Å². The van der Waals surface area contributed by atoms with Crippen LogP contribution >= 0.6 is 0 Å². The van der Waals surface area contributed by atoms with Crippen LogP contribution in [0.3, 0.4) is 0 Å². The SMILES string of the molecule is Cc1ccccc1C(CC(=O)NCC(=O)NCc1ccco1)NC(N)=O. The zero-order valence-electron chi connectivity index (χ0n) is 14.5. The fraction of sp³-hybridized carbons (Fsp3) is 0.278. The second-order valence-corrected chi connectivity index (χ2v) is 5.75. The molecule has 0 aliphatic heterocycles. The Kier molecular flexibility index (Phi) is 6.78. The van der Waals surface area contributed by atoms with E-state index in [1.165, 1.54) is 6.26 Å². The van der Waals surface area contributed by atoms with Crippen molar-refractivity contribution in [1.29, 1.82) is 0 Å². The molecule has 8 nitrogen and oxygen atoms in total. The first-order valence-electron chi connectivity index (χ1n) is 8.13. The highest BCUT2D eigenvalue weighted by atomic mass is 16.3. The van der Waals surface area contributed by atoms with Crippen molar-refractivity contribution in [3.8, 4) is 0 Å². The van der Waals surface area contributed by atoms with Crippen LogP contribution in [0, 0.1) is 6.92 Å². The number of hydrogen-bond donors (Lipinski definition) is 4. The molecule has 2 aromatic rings. The van der Waals surface area contributed by atoms with Gasteiger partial charge < -0.3 is 26.1 Å². The highest BCUT2D eigenvalue weighted by Crippen LogP contribution is 2.20. The number of primary amides is 1. The number of aryl methyl sites for hydroxylation is 1. The largest absolute Gasteiger partial charge is 0.467 e. The fourth-order valence-electron chi connectivity index (χ4n) is 2.49. The molecule has 1 heterocycles. The lowest BCUT2D eigenvalue weighted by Crippen LogP contribution is -2.40. The number of amides is 4. The van der Waals surface area contributed by atoms with Gasteiger partial charge in [-0.25, -0.2) is 4.79 Å². The molecule has 0 fully saturated rings. The summed E-state index contributed by atoms with van der Waals surface area (Å²) in [5.74, 6) is -0.0971. The first-order valence-corrected chi connectivity index (χ1v) is 8.13. The Bertz CT molecular complexity index is 758. The van der Waals surface area contributed by atoms with E-state index in [1.54, 1.807) is 12.1 Å². The summed E-state index contributed by atoms with van der Waals surface area (Å²) in [6.45, 7) is 1.96. The minimum absolute atomic E-state index is 0.0285. The minimum Gasteiger partial charge on any atom is -0.467 e. The number of carbonyl (C=O) groups is 3. The number of hydrogen-bond acceptors (Lipinski definition) is 4. The number of nitrogens with two attached hydrogens (primary N) is 1. The third kappa shape index (κ3) is 5.97. The smallest absolute Gasteiger partial charge is 0.312 e. The number of benzene rings is 1. The molecular formula is C18H22N4O4. The number of carbonyl (C=O) groups excluding carboxylic acids is 3. The molecule has 4 amide bonds. The van der Waals surface area contributed by atoms with Crippen LogP contribution < -0.4 is 21.7 Å². The molecule has 0 saturated carbocycles. The van der Waals surface area contributed by atoms with Crippen molar-refractivity contribution in [3.05, 3.63) is 59.5 Å². The van der Waals surface area contributed by atoms with Gasteiger partial charge in [-0.05, 0) is 30.2 Å². The van der Waals surface area contributed by atoms with Gasteiger partial charge in [-0.2, -0.15) is 0 Å². The van der Waals surface area contributed by atoms with E-state index in [4.69, 9.17) is 10.2 Å². The second-order valence-electron chi connectivity index (χ2n) is 5.75. The molecule has 0 bridgehead atoms. The highest BCUT2D eigenvalue weighted by molar-refractivity contribution is 5.85. The van der Waals surface area contributed by atoms with Gasteiger partial charge in [0.1, 0.15) is 5.76 Å². The van der Waals surface area contributed by atoms with Crippen molar-refractivity contribution in [2.45, 2.75) is 25.9 Å². The molecule has 8 heteroatoms. The first kappa shape index (κ1) is 19.0. The standard InChI is InChI=1S/C18H22N4O4/c1-12-5-2-3-7-14(12)15(22-18(19)25)9-16(23)21-11-17(24)20-10-13-6-4-8-26-13/h2-8,15H,9-11H2,1H3,(H,20,24)(H,21,23)(H3,19,22,25). The van der Waals surface area contributed by atoms with Crippen molar-refractivity contribution < 1.29 is 18.8 Å².